The minimum absolute atomic E-state index is 0.0393. The molecule has 0 unspecified atom stereocenters. The first-order valence-electron chi connectivity index (χ1n) is 10.0. The topological polar surface area (TPSA) is 48.8 Å². The van der Waals surface area contributed by atoms with E-state index in [0.29, 0.717) is 10.1 Å². The Morgan fingerprint density at radius 3 is 2.77 bits per heavy atom. The second-order valence-electron chi connectivity index (χ2n) is 7.06. The molecule has 31 heavy (non-hydrogen) atoms. The highest BCUT2D eigenvalue weighted by Gasteiger charge is 2.30. The maximum absolute atomic E-state index is 12.8. The van der Waals surface area contributed by atoms with Crippen molar-refractivity contribution in [2.45, 2.75) is 11.8 Å². The third-order valence-electron chi connectivity index (χ3n) is 5.17. The molecule has 5 rings (SSSR count). The molecule has 0 bridgehead atoms. The van der Waals surface area contributed by atoms with E-state index < -0.39 is 0 Å². The number of para-hydroxylation sites is 1. The number of benzene rings is 2. The molecule has 0 radical (unpaired) electrons. The molecular weight excluding hydrogens is 424 g/mol. The van der Waals surface area contributed by atoms with E-state index in [-0.39, 0.29) is 5.91 Å². The van der Waals surface area contributed by atoms with Gasteiger partial charge in [0.15, 0.2) is 5.17 Å². The highest BCUT2D eigenvalue weighted by Crippen LogP contribution is 2.45. The van der Waals surface area contributed by atoms with Crippen LogP contribution in [0.15, 0.2) is 92.8 Å². The molecule has 2 aliphatic heterocycles. The lowest BCUT2D eigenvalue weighted by Gasteiger charge is -2.17. The number of rotatable bonds is 3. The van der Waals surface area contributed by atoms with Crippen molar-refractivity contribution in [2.24, 2.45) is 4.99 Å². The number of amides is 1. The summed E-state index contributed by atoms with van der Waals surface area (Å²) >= 11 is 3.13. The number of hydrogen-bond donors (Lipinski definition) is 0. The predicted octanol–water partition coefficient (Wildman–Crippen LogP) is 5.79. The van der Waals surface area contributed by atoms with Crippen molar-refractivity contribution < 1.29 is 4.79 Å². The fraction of sp³-hybridized carbons (Fsp3) is 0.125. The first-order chi connectivity index (χ1) is 15.2. The van der Waals surface area contributed by atoms with Crippen molar-refractivity contribution in [3.8, 4) is 0 Å². The Morgan fingerprint density at radius 2 is 1.90 bits per heavy atom. The molecule has 2 aromatic carbocycles. The zero-order chi connectivity index (χ0) is 21.4. The summed E-state index contributed by atoms with van der Waals surface area (Å²) in [6, 6.07) is 18.1. The van der Waals surface area contributed by atoms with Crippen LogP contribution < -0.4 is 4.90 Å². The maximum atomic E-state index is 12.8. The average molecular weight is 445 g/mol. The molecule has 0 spiro atoms. The number of amidine groups is 1. The van der Waals surface area contributed by atoms with Crippen molar-refractivity contribution in [2.75, 3.05) is 18.5 Å². The fourth-order valence-electron chi connectivity index (χ4n) is 3.60. The summed E-state index contributed by atoms with van der Waals surface area (Å²) in [4.78, 5) is 27.8. The second kappa shape index (κ2) is 8.24. The summed E-state index contributed by atoms with van der Waals surface area (Å²) in [5.41, 5.74) is 2.92. The third-order valence-corrected chi connectivity index (χ3v) is 7.38. The minimum Gasteiger partial charge on any atom is -0.335 e. The molecule has 1 fully saturated rings. The Labute approximate surface area is 189 Å². The zero-order valence-electron chi connectivity index (χ0n) is 17.1. The van der Waals surface area contributed by atoms with Gasteiger partial charge in [-0.25, -0.2) is 4.99 Å². The van der Waals surface area contributed by atoms with Crippen LogP contribution in [0.4, 0.5) is 11.4 Å². The molecule has 3 aromatic rings. The van der Waals surface area contributed by atoms with Gasteiger partial charge in [0.05, 0.1) is 26.8 Å². The van der Waals surface area contributed by atoms with Gasteiger partial charge in [-0.1, -0.05) is 30.0 Å². The van der Waals surface area contributed by atoms with E-state index in [1.165, 1.54) is 22.3 Å². The number of thioether (sulfide) groups is 2. The number of allylic oxidation sites excluding steroid dienone is 2. The van der Waals surface area contributed by atoms with Gasteiger partial charge in [0.2, 0.25) is 0 Å². The Hall–Kier alpha value is -3.03. The van der Waals surface area contributed by atoms with Crippen molar-refractivity contribution in [1.29, 1.82) is 0 Å². The number of anilines is 1. The van der Waals surface area contributed by atoms with E-state index in [9.17, 15) is 4.79 Å². The zero-order valence-corrected chi connectivity index (χ0v) is 18.8. The van der Waals surface area contributed by atoms with Crippen LogP contribution in [0.5, 0.6) is 0 Å². The summed E-state index contributed by atoms with van der Waals surface area (Å²) in [6.45, 7) is 3.01. The van der Waals surface area contributed by atoms with Gasteiger partial charge < -0.3 is 4.90 Å². The van der Waals surface area contributed by atoms with E-state index in [1.54, 1.807) is 29.9 Å². The monoisotopic (exact) mass is 444 g/mol. The van der Waals surface area contributed by atoms with Gasteiger partial charge in [-0.05, 0) is 67.2 Å². The van der Waals surface area contributed by atoms with Crippen LogP contribution in [0.3, 0.4) is 0 Å². The van der Waals surface area contributed by atoms with E-state index in [0.717, 1.165) is 28.2 Å². The lowest BCUT2D eigenvalue weighted by Crippen LogP contribution is -2.23. The van der Waals surface area contributed by atoms with Crippen LogP contribution in [0.1, 0.15) is 6.92 Å². The number of pyridine rings is 1. The molecule has 1 aromatic heterocycles. The molecule has 1 amide bonds. The van der Waals surface area contributed by atoms with E-state index in [1.807, 2.05) is 42.5 Å². The number of aromatic nitrogens is 1. The summed E-state index contributed by atoms with van der Waals surface area (Å²) in [7, 11) is 1.77. The number of carbonyl (C=O) groups excluding carboxylic acids is 1. The van der Waals surface area contributed by atoms with E-state index in [4.69, 9.17) is 4.99 Å². The number of likely N-dealkylation sites (N-methyl/N-ethyl adjacent to an activating group) is 1. The van der Waals surface area contributed by atoms with Crippen molar-refractivity contribution in [3.63, 3.8) is 0 Å². The number of hydrogen-bond acceptors (Lipinski definition) is 6. The number of carbonyl (C=O) groups is 1. The highest BCUT2D eigenvalue weighted by molar-refractivity contribution is 8.18. The van der Waals surface area contributed by atoms with Gasteiger partial charge in [-0.15, -0.1) is 0 Å². The molecule has 154 valence electrons. The molecule has 5 nitrogen and oxygen atoms in total. The van der Waals surface area contributed by atoms with E-state index in [2.05, 4.69) is 41.1 Å². The molecule has 0 saturated carbocycles. The van der Waals surface area contributed by atoms with Gasteiger partial charge in [0, 0.05) is 30.1 Å². The highest BCUT2D eigenvalue weighted by atomic mass is 32.2. The summed E-state index contributed by atoms with van der Waals surface area (Å²) in [5.74, 6) is -0.0393. The second-order valence-corrected chi connectivity index (χ2v) is 9.13. The summed E-state index contributed by atoms with van der Waals surface area (Å²) < 4.78 is 0. The Bertz CT molecular complexity index is 1280. The number of nitrogens with zero attached hydrogens (tertiary/aromatic N) is 4. The first kappa shape index (κ1) is 19.9. The number of aliphatic imine (C=N–C) groups is 1. The molecule has 7 heteroatoms. The molecule has 0 atom stereocenters. The van der Waals surface area contributed by atoms with Crippen LogP contribution in [0, 0.1) is 0 Å². The van der Waals surface area contributed by atoms with Gasteiger partial charge in [0.1, 0.15) is 0 Å². The van der Waals surface area contributed by atoms with Crippen LogP contribution in [-0.2, 0) is 4.79 Å². The molecule has 1 saturated heterocycles. The summed E-state index contributed by atoms with van der Waals surface area (Å²) in [5, 5.41) is 2.76. The minimum atomic E-state index is -0.0393. The standard InChI is InChI=1S/C24H20N4OS2/c1-3-28-19-11-4-5-12-20(19)30-22(28)14-13-21-23(29)27(2)24(31-21)26-18-10-6-9-17-16(18)8-7-15-25-17/h4-15H,3H2,1-2H3/b21-13+,22-14-,26-24?. The third kappa shape index (κ3) is 3.64. The first-order valence-corrected chi connectivity index (χ1v) is 11.6. The van der Waals surface area contributed by atoms with Crippen molar-refractivity contribution in [3.05, 3.63) is 82.9 Å². The molecule has 0 N–H and O–H groups in total. The lowest BCUT2D eigenvalue weighted by molar-refractivity contribution is -0.121. The van der Waals surface area contributed by atoms with Gasteiger partial charge >= 0.3 is 0 Å². The summed E-state index contributed by atoms with van der Waals surface area (Å²) in [6.07, 6.45) is 5.72. The lowest BCUT2D eigenvalue weighted by atomic mass is 10.2. The molecule has 0 aliphatic carbocycles. The van der Waals surface area contributed by atoms with Crippen molar-refractivity contribution >= 4 is 56.9 Å². The SMILES string of the molecule is CCN1/C(=C/C=C2/SC(=Nc3cccc4ncccc34)N(C)C2=O)Sc2ccccc21. The van der Waals surface area contributed by atoms with Gasteiger partial charge in [-0.2, -0.15) is 0 Å². The average Bonchev–Trinajstić information content (AvgIpc) is 3.29. The smallest absolute Gasteiger partial charge is 0.266 e. The van der Waals surface area contributed by atoms with Crippen LogP contribution >= 0.6 is 23.5 Å². The quantitative estimate of drug-likeness (QED) is 0.479. The van der Waals surface area contributed by atoms with Gasteiger partial charge in [-0.3, -0.25) is 14.7 Å². The van der Waals surface area contributed by atoms with Crippen molar-refractivity contribution in [1.82, 2.24) is 9.88 Å². The Kier molecular flexibility index (Phi) is 5.29. The van der Waals surface area contributed by atoms with E-state index >= 15 is 0 Å². The molecule has 3 heterocycles. The maximum Gasteiger partial charge on any atom is 0.266 e. The largest absolute Gasteiger partial charge is 0.335 e. The van der Waals surface area contributed by atoms with Gasteiger partial charge in [0.25, 0.3) is 5.91 Å². The van der Waals surface area contributed by atoms with Crippen LogP contribution in [0.25, 0.3) is 10.9 Å². The van der Waals surface area contributed by atoms with Crippen LogP contribution in [-0.4, -0.2) is 34.6 Å². The Morgan fingerprint density at radius 1 is 1.03 bits per heavy atom. The normalized spacial score (nSPS) is 19.9. The predicted molar refractivity (Wildman–Crippen MR) is 131 cm³/mol. The number of fused-ring (bicyclic) bond motifs is 2. The Balaban J connectivity index is 1.45. The molecule has 2 aliphatic rings. The molecular formula is C24H20N4OS2. The van der Waals surface area contributed by atoms with Crippen LogP contribution in [0.2, 0.25) is 0 Å². The fourth-order valence-corrected chi connectivity index (χ4v) is 5.65.